The summed E-state index contributed by atoms with van der Waals surface area (Å²) in [5.74, 6) is 0.820. The predicted molar refractivity (Wildman–Crippen MR) is 73.1 cm³/mol. The lowest BCUT2D eigenvalue weighted by Crippen LogP contribution is -2.30. The quantitative estimate of drug-likeness (QED) is 0.809. The minimum atomic E-state index is 0.678. The molecule has 1 fully saturated rings. The predicted octanol–water partition coefficient (Wildman–Crippen LogP) is 3.34. The second-order valence-corrected chi connectivity index (χ2v) is 5.01. The Balaban J connectivity index is 1.91. The van der Waals surface area contributed by atoms with Gasteiger partial charge in [0, 0.05) is 17.3 Å². The molecule has 0 radical (unpaired) electrons. The molecule has 1 aliphatic carbocycles. The minimum absolute atomic E-state index is 0.678. The third kappa shape index (κ3) is 3.09. The molecule has 2 nitrogen and oxygen atoms in total. The van der Waals surface area contributed by atoms with E-state index in [1.807, 2.05) is 25.1 Å². The van der Waals surface area contributed by atoms with E-state index in [-0.39, 0.29) is 0 Å². The van der Waals surface area contributed by atoms with Crippen LogP contribution in [0.2, 0.25) is 5.02 Å². The van der Waals surface area contributed by atoms with Gasteiger partial charge in [0.25, 0.3) is 0 Å². The normalized spacial score (nSPS) is 14.6. The van der Waals surface area contributed by atoms with Gasteiger partial charge in [-0.1, -0.05) is 17.7 Å². The van der Waals surface area contributed by atoms with E-state index in [1.54, 1.807) is 0 Å². The van der Waals surface area contributed by atoms with Crippen LogP contribution in [0, 0.1) is 12.8 Å². The molecule has 0 amide bonds. The first-order valence-electron chi connectivity index (χ1n) is 5.47. The molecule has 4 heteroatoms. The molecule has 0 aliphatic heterocycles. The summed E-state index contributed by atoms with van der Waals surface area (Å²) in [4.78, 5) is 0. The molecule has 0 aromatic heterocycles. The van der Waals surface area contributed by atoms with Crippen molar-refractivity contribution in [3.8, 4) is 0 Å². The summed E-state index contributed by atoms with van der Waals surface area (Å²) in [6, 6.07) is 5.77. The van der Waals surface area contributed by atoms with Gasteiger partial charge in [0.15, 0.2) is 5.11 Å². The fraction of sp³-hybridized carbons (Fsp3) is 0.417. The van der Waals surface area contributed by atoms with E-state index in [1.165, 1.54) is 12.8 Å². The van der Waals surface area contributed by atoms with Crippen molar-refractivity contribution >= 4 is 34.6 Å². The van der Waals surface area contributed by atoms with Crippen LogP contribution in [0.5, 0.6) is 0 Å². The Morgan fingerprint density at radius 1 is 1.50 bits per heavy atom. The maximum absolute atomic E-state index is 6.03. The first-order valence-corrected chi connectivity index (χ1v) is 6.25. The maximum Gasteiger partial charge on any atom is 0.170 e. The summed E-state index contributed by atoms with van der Waals surface area (Å²) < 4.78 is 0. The Labute approximate surface area is 106 Å². The summed E-state index contributed by atoms with van der Waals surface area (Å²) in [6.45, 7) is 2.96. The fourth-order valence-electron chi connectivity index (χ4n) is 1.47. The molecule has 0 unspecified atom stereocenters. The molecule has 1 aliphatic rings. The molecule has 1 aromatic rings. The molecule has 0 bridgehead atoms. The zero-order chi connectivity index (χ0) is 11.5. The molecular weight excluding hydrogens is 240 g/mol. The highest BCUT2D eigenvalue weighted by Crippen LogP contribution is 2.27. The van der Waals surface area contributed by atoms with Gasteiger partial charge in [-0.3, -0.25) is 0 Å². The molecule has 0 saturated heterocycles. The number of anilines is 1. The van der Waals surface area contributed by atoms with E-state index in [2.05, 4.69) is 10.6 Å². The molecule has 2 rings (SSSR count). The lowest BCUT2D eigenvalue weighted by atomic mass is 10.2. The Morgan fingerprint density at radius 2 is 2.25 bits per heavy atom. The molecule has 2 N–H and O–H groups in total. The van der Waals surface area contributed by atoms with Crippen LogP contribution in [0.15, 0.2) is 18.2 Å². The van der Waals surface area contributed by atoms with E-state index in [9.17, 15) is 0 Å². The van der Waals surface area contributed by atoms with Gasteiger partial charge in [0.2, 0.25) is 0 Å². The maximum atomic E-state index is 6.03. The van der Waals surface area contributed by atoms with Gasteiger partial charge in [-0.2, -0.15) is 0 Å². The molecular formula is C12H15ClN2S. The van der Waals surface area contributed by atoms with Crippen LogP contribution in [-0.2, 0) is 0 Å². The number of hydrogen-bond acceptors (Lipinski definition) is 1. The summed E-state index contributed by atoms with van der Waals surface area (Å²) in [5, 5.41) is 7.82. The van der Waals surface area contributed by atoms with Crippen LogP contribution in [0.3, 0.4) is 0 Å². The molecule has 0 spiro atoms. The lowest BCUT2D eigenvalue weighted by molar-refractivity contribution is 0.777. The fourth-order valence-corrected chi connectivity index (χ4v) is 1.84. The van der Waals surface area contributed by atoms with Crippen LogP contribution in [0.1, 0.15) is 18.4 Å². The van der Waals surface area contributed by atoms with Gasteiger partial charge in [0.1, 0.15) is 0 Å². The van der Waals surface area contributed by atoms with Gasteiger partial charge in [-0.25, -0.2) is 0 Å². The van der Waals surface area contributed by atoms with Gasteiger partial charge >= 0.3 is 0 Å². The van der Waals surface area contributed by atoms with Crippen molar-refractivity contribution in [3.63, 3.8) is 0 Å². The number of thiocarbonyl (C=S) groups is 1. The first-order chi connectivity index (χ1) is 7.66. The van der Waals surface area contributed by atoms with Gasteiger partial charge in [-0.05, 0) is 55.6 Å². The summed E-state index contributed by atoms with van der Waals surface area (Å²) in [7, 11) is 0. The van der Waals surface area contributed by atoms with Gasteiger partial charge in [0.05, 0.1) is 0 Å². The molecule has 0 atom stereocenters. The highest BCUT2D eigenvalue weighted by atomic mass is 35.5. The molecule has 16 heavy (non-hydrogen) atoms. The molecule has 1 saturated carbocycles. The molecule has 0 heterocycles. The van der Waals surface area contributed by atoms with E-state index in [4.69, 9.17) is 23.8 Å². The molecule has 1 aromatic carbocycles. The second-order valence-electron chi connectivity index (χ2n) is 4.19. The first kappa shape index (κ1) is 11.7. The van der Waals surface area contributed by atoms with Crippen LogP contribution >= 0.6 is 23.8 Å². The summed E-state index contributed by atoms with van der Waals surface area (Å²) in [6.07, 6.45) is 2.65. The van der Waals surface area contributed by atoms with E-state index in [0.717, 1.165) is 28.7 Å². The van der Waals surface area contributed by atoms with Crippen molar-refractivity contribution in [2.75, 3.05) is 11.9 Å². The van der Waals surface area contributed by atoms with Crippen LogP contribution in [-0.4, -0.2) is 11.7 Å². The average Bonchev–Trinajstić information content (AvgIpc) is 3.06. The van der Waals surface area contributed by atoms with Crippen LogP contribution in [0.25, 0.3) is 0 Å². The Bertz CT molecular complexity index is 402. The largest absolute Gasteiger partial charge is 0.362 e. The number of nitrogens with one attached hydrogen (secondary N) is 2. The monoisotopic (exact) mass is 254 g/mol. The Kier molecular flexibility index (Phi) is 3.66. The van der Waals surface area contributed by atoms with Crippen LogP contribution in [0.4, 0.5) is 5.69 Å². The highest BCUT2D eigenvalue weighted by molar-refractivity contribution is 7.80. The van der Waals surface area contributed by atoms with Crippen molar-refractivity contribution in [1.29, 1.82) is 0 Å². The lowest BCUT2D eigenvalue weighted by Gasteiger charge is -2.12. The van der Waals surface area contributed by atoms with Crippen molar-refractivity contribution in [1.82, 2.24) is 5.32 Å². The van der Waals surface area contributed by atoms with E-state index in [0.29, 0.717) is 5.11 Å². The summed E-state index contributed by atoms with van der Waals surface area (Å²) in [5.41, 5.74) is 2.00. The third-order valence-electron chi connectivity index (χ3n) is 2.76. The second kappa shape index (κ2) is 5.02. The van der Waals surface area contributed by atoms with Crippen molar-refractivity contribution in [2.45, 2.75) is 19.8 Å². The molecule has 86 valence electrons. The van der Waals surface area contributed by atoms with Crippen molar-refractivity contribution in [2.24, 2.45) is 5.92 Å². The topological polar surface area (TPSA) is 24.1 Å². The number of rotatable bonds is 3. The number of halogens is 1. The highest BCUT2D eigenvalue weighted by Gasteiger charge is 2.20. The SMILES string of the molecule is Cc1c(Cl)cccc1NC(=S)NCC1CC1. The number of hydrogen-bond donors (Lipinski definition) is 2. The Morgan fingerprint density at radius 3 is 2.94 bits per heavy atom. The Hall–Kier alpha value is -0.800. The van der Waals surface area contributed by atoms with Crippen LogP contribution < -0.4 is 10.6 Å². The van der Waals surface area contributed by atoms with E-state index < -0.39 is 0 Å². The average molecular weight is 255 g/mol. The van der Waals surface area contributed by atoms with E-state index >= 15 is 0 Å². The standard InChI is InChI=1S/C12H15ClN2S/c1-8-10(13)3-2-4-11(8)15-12(16)14-7-9-5-6-9/h2-4,9H,5-7H2,1H3,(H2,14,15,16). The number of benzene rings is 1. The summed E-state index contributed by atoms with van der Waals surface area (Å²) >= 11 is 11.3. The van der Waals surface area contributed by atoms with Gasteiger partial charge in [-0.15, -0.1) is 0 Å². The smallest absolute Gasteiger partial charge is 0.170 e. The van der Waals surface area contributed by atoms with Crippen molar-refractivity contribution in [3.05, 3.63) is 28.8 Å². The zero-order valence-corrected chi connectivity index (χ0v) is 10.8. The zero-order valence-electron chi connectivity index (χ0n) is 9.22. The van der Waals surface area contributed by atoms with Gasteiger partial charge < -0.3 is 10.6 Å². The van der Waals surface area contributed by atoms with Crippen molar-refractivity contribution < 1.29 is 0 Å². The minimum Gasteiger partial charge on any atom is -0.362 e. The third-order valence-corrected chi connectivity index (χ3v) is 3.42.